The second-order valence-electron chi connectivity index (χ2n) is 10.3. The van der Waals surface area contributed by atoms with Gasteiger partial charge in [0.1, 0.15) is 0 Å². The van der Waals surface area contributed by atoms with Crippen molar-refractivity contribution in [1.29, 1.82) is 0 Å². The highest BCUT2D eigenvalue weighted by atomic mass is 16.5. The van der Waals surface area contributed by atoms with Crippen LogP contribution in [0.25, 0.3) is 0 Å². The van der Waals surface area contributed by atoms with Crippen molar-refractivity contribution in [3.05, 3.63) is 119 Å². The van der Waals surface area contributed by atoms with E-state index in [0.29, 0.717) is 19.6 Å². The SMILES string of the molecule is C=CCOCCCCc1ccc(Cc2cc([C@H]3C[C@@H](OCc4ccccc4)C[C@@H](CO)O3)ccc2C)cc1. The van der Waals surface area contributed by atoms with Gasteiger partial charge in [0.25, 0.3) is 0 Å². The fraction of sp³-hybridized carbons (Fsp3) is 0.412. The number of benzene rings is 3. The average Bonchev–Trinajstić information content (AvgIpc) is 2.96. The third-order valence-corrected chi connectivity index (χ3v) is 7.29. The maximum atomic E-state index is 9.89. The first-order valence-corrected chi connectivity index (χ1v) is 13.9. The Morgan fingerprint density at radius 1 is 0.947 bits per heavy atom. The first-order valence-electron chi connectivity index (χ1n) is 13.9. The zero-order valence-electron chi connectivity index (χ0n) is 22.7. The zero-order chi connectivity index (χ0) is 26.6. The number of unbranched alkanes of at least 4 members (excludes halogenated alkanes) is 1. The Kier molecular flexibility index (Phi) is 11.1. The zero-order valence-corrected chi connectivity index (χ0v) is 22.7. The Hall–Kier alpha value is -2.76. The lowest BCUT2D eigenvalue weighted by molar-refractivity contribution is -0.133. The molecular weight excluding hydrogens is 472 g/mol. The lowest BCUT2D eigenvalue weighted by atomic mass is 9.92. The third-order valence-electron chi connectivity index (χ3n) is 7.29. The second kappa shape index (κ2) is 15.0. The number of hydrogen-bond acceptors (Lipinski definition) is 4. The molecule has 1 aliphatic heterocycles. The van der Waals surface area contributed by atoms with Crippen LogP contribution < -0.4 is 0 Å². The van der Waals surface area contributed by atoms with E-state index < -0.39 is 0 Å². The summed E-state index contributed by atoms with van der Waals surface area (Å²) in [4.78, 5) is 0. The summed E-state index contributed by atoms with van der Waals surface area (Å²) >= 11 is 0. The molecule has 4 rings (SSSR count). The Morgan fingerprint density at radius 3 is 2.50 bits per heavy atom. The molecule has 1 heterocycles. The minimum Gasteiger partial charge on any atom is -0.394 e. The van der Waals surface area contributed by atoms with Gasteiger partial charge in [-0.05, 0) is 66.0 Å². The van der Waals surface area contributed by atoms with E-state index in [1.807, 2.05) is 18.2 Å². The van der Waals surface area contributed by atoms with Crippen LogP contribution >= 0.6 is 0 Å². The average molecular weight is 515 g/mol. The Labute approximate surface area is 228 Å². The van der Waals surface area contributed by atoms with Gasteiger partial charge in [-0.25, -0.2) is 0 Å². The van der Waals surface area contributed by atoms with Gasteiger partial charge < -0.3 is 19.3 Å². The van der Waals surface area contributed by atoms with Crippen LogP contribution in [0.2, 0.25) is 0 Å². The summed E-state index contributed by atoms with van der Waals surface area (Å²) in [6.07, 6.45) is 7.22. The second-order valence-corrected chi connectivity index (χ2v) is 10.3. The van der Waals surface area contributed by atoms with Crippen LogP contribution in [0.15, 0.2) is 85.5 Å². The molecule has 1 N–H and O–H groups in total. The van der Waals surface area contributed by atoms with Crippen molar-refractivity contribution in [2.45, 2.75) is 70.4 Å². The molecule has 0 unspecified atom stereocenters. The van der Waals surface area contributed by atoms with E-state index in [2.05, 4.69) is 68.1 Å². The molecule has 0 aromatic heterocycles. The largest absolute Gasteiger partial charge is 0.394 e. The summed E-state index contributed by atoms with van der Waals surface area (Å²) in [5.41, 5.74) is 7.60. The summed E-state index contributed by atoms with van der Waals surface area (Å²) in [5, 5.41) is 9.89. The van der Waals surface area contributed by atoms with Crippen LogP contribution in [0.4, 0.5) is 0 Å². The van der Waals surface area contributed by atoms with Gasteiger partial charge in [-0.2, -0.15) is 0 Å². The van der Waals surface area contributed by atoms with Gasteiger partial charge in [-0.3, -0.25) is 0 Å². The van der Waals surface area contributed by atoms with E-state index in [4.69, 9.17) is 14.2 Å². The van der Waals surface area contributed by atoms with Crippen molar-refractivity contribution >= 4 is 0 Å². The fourth-order valence-corrected chi connectivity index (χ4v) is 5.05. The molecule has 38 heavy (non-hydrogen) atoms. The topological polar surface area (TPSA) is 47.9 Å². The summed E-state index contributed by atoms with van der Waals surface area (Å²) in [7, 11) is 0. The molecule has 0 spiro atoms. The van der Waals surface area contributed by atoms with Gasteiger partial charge in [0.05, 0.1) is 38.1 Å². The van der Waals surface area contributed by atoms with Gasteiger partial charge >= 0.3 is 0 Å². The van der Waals surface area contributed by atoms with Gasteiger partial charge in [0, 0.05) is 19.4 Å². The minimum atomic E-state index is -0.208. The lowest BCUT2D eigenvalue weighted by Crippen LogP contribution is -2.35. The summed E-state index contributed by atoms with van der Waals surface area (Å²) in [6, 6.07) is 25.9. The van der Waals surface area contributed by atoms with Crippen molar-refractivity contribution in [2.24, 2.45) is 0 Å². The van der Waals surface area contributed by atoms with E-state index in [9.17, 15) is 5.11 Å². The van der Waals surface area contributed by atoms with Crippen LogP contribution in [0.5, 0.6) is 0 Å². The predicted molar refractivity (Wildman–Crippen MR) is 153 cm³/mol. The van der Waals surface area contributed by atoms with Gasteiger partial charge in [0.2, 0.25) is 0 Å². The number of aryl methyl sites for hydroxylation is 2. The minimum absolute atomic E-state index is 0.00854. The molecule has 3 atom stereocenters. The van der Waals surface area contributed by atoms with Gasteiger partial charge in [0.15, 0.2) is 0 Å². The normalized spacial score (nSPS) is 19.4. The molecule has 0 amide bonds. The molecule has 0 radical (unpaired) electrons. The number of hydrogen-bond donors (Lipinski definition) is 1. The Morgan fingerprint density at radius 2 is 1.74 bits per heavy atom. The van der Waals surface area contributed by atoms with E-state index in [1.165, 1.54) is 22.3 Å². The number of aliphatic hydroxyl groups excluding tert-OH is 1. The highest BCUT2D eigenvalue weighted by Crippen LogP contribution is 2.34. The number of rotatable bonds is 14. The van der Waals surface area contributed by atoms with E-state index in [1.54, 1.807) is 6.08 Å². The maximum Gasteiger partial charge on any atom is 0.0854 e. The highest BCUT2D eigenvalue weighted by molar-refractivity contribution is 5.37. The smallest absolute Gasteiger partial charge is 0.0854 e. The Bertz CT molecular complexity index is 1110. The van der Waals surface area contributed by atoms with Crippen LogP contribution in [0.3, 0.4) is 0 Å². The molecule has 4 nitrogen and oxygen atoms in total. The number of ether oxygens (including phenoxy) is 3. The first-order chi connectivity index (χ1) is 18.6. The van der Waals surface area contributed by atoms with Crippen molar-refractivity contribution in [3.63, 3.8) is 0 Å². The fourth-order valence-electron chi connectivity index (χ4n) is 5.05. The molecule has 4 heteroatoms. The molecule has 3 aromatic rings. The van der Waals surface area contributed by atoms with Crippen LogP contribution in [0, 0.1) is 6.92 Å². The predicted octanol–water partition coefficient (Wildman–Crippen LogP) is 6.91. The summed E-state index contributed by atoms with van der Waals surface area (Å²) in [6.45, 7) is 7.86. The highest BCUT2D eigenvalue weighted by Gasteiger charge is 2.31. The molecular formula is C34H42O4. The van der Waals surface area contributed by atoms with Crippen molar-refractivity contribution in [2.75, 3.05) is 19.8 Å². The Balaban J connectivity index is 1.35. The monoisotopic (exact) mass is 514 g/mol. The molecule has 0 aliphatic carbocycles. The molecule has 1 fully saturated rings. The van der Waals surface area contributed by atoms with Gasteiger partial charge in [-0.15, -0.1) is 6.58 Å². The molecule has 3 aromatic carbocycles. The molecule has 202 valence electrons. The van der Waals surface area contributed by atoms with E-state index in [0.717, 1.165) is 49.8 Å². The van der Waals surface area contributed by atoms with Crippen molar-refractivity contribution < 1.29 is 19.3 Å². The molecule has 1 saturated heterocycles. The van der Waals surface area contributed by atoms with Crippen LogP contribution in [-0.2, 0) is 33.7 Å². The maximum absolute atomic E-state index is 9.89. The van der Waals surface area contributed by atoms with Crippen LogP contribution in [0.1, 0.15) is 65.2 Å². The van der Waals surface area contributed by atoms with Crippen LogP contribution in [-0.4, -0.2) is 37.1 Å². The van der Waals surface area contributed by atoms with E-state index >= 15 is 0 Å². The number of aliphatic hydroxyl groups is 1. The summed E-state index contributed by atoms with van der Waals surface area (Å²) in [5.74, 6) is 0. The van der Waals surface area contributed by atoms with Crippen molar-refractivity contribution in [1.82, 2.24) is 0 Å². The molecule has 1 aliphatic rings. The lowest BCUT2D eigenvalue weighted by Gasteiger charge is -2.35. The standard InChI is InChI=1S/C34H42O4/c1-3-18-36-19-8-7-9-27-13-15-28(16-14-27)20-31-21-30(17-12-26(31)2)34-23-32(22-33(24-35)38-34)37-25-29-10-5-4-6-11-29/h3-6,10-17,21,32-35H,1,7-9,18-20,22-25H2,2H3/t32-,33-,34+/m0/s1. The first kappa shape index (κ1) is 28.3. The quantitative estimate of drug-likeness (QED) is 0.188. The summed E-state index contributed by atoms with van der Waals surface area (Å²) < 4.78 is 18.0. The molecule has 0 saturated carbocycles. The van der Waals surface area contributed by atoms with Gasteiger partial charge in [-0.1, -0.05) is 78.9 Å². The molecule has 0 bridgehead atoms. The van der Waals surface area contributed by atoms with Crippen molar-refractivity contribution in [3.8, 4) is 0 Å². The third kappa shape index (κ3) is 8.64. The van der Waals surface area contributed by atoms with E-state index in [-0.39, 0.29) is 24.9 Å².